The quantitative estimate of drug-likeness (QED) is 0.533. The summed E-state index contributed by atoms with van der Waals surface area (Å²) in [5, 5.41) is 9.17. The van der Waals surface area contributed by atoms with Crippen molar-refractivity contribution in [2.24, 2.45) is 0 Å². The minimum Gasteiger partial charge on any atom is -0.453 e. The van der Waals surface area contributed by atoms with E-state index in [1.807, 2.05) is 0 Å². The van der Waals surface area contributed by atoms with Crippen LogP contribution >= 0.6 is 0 Å². The Balaban J connectivity index is 2.56. The summed E-state index contributed by atoms with van der Waals surface area (Å²) in [6.07, 6.45) is 5.88. The second-order valence-electron chi connectivity index (χ2n) is 3.53. The number of rotatable bonds is 3. The molecule has 0 saturated heterocycles. The zero-order valence-corrected chi connectivity index (χ0v) is 7.79. The lowest BCUT2D eigenvalue weighted by molar-refractivity contribution is -0.162. The zero-order chi connectivity index (χ0) is 9.73. The minimum absolute atomic E-state index is 0.0768. The van der Waals surface area contributed by atoms with Crippen LogP contribution in [0, 0.1) is 0 Å². The normalized spacial score (nSPS) is 20.7. The van der Waals surface area contributed by atoms with Gasteiger partial charge in [0.05, 0.1) is 6.61 Å². The largest absolute Gasteiger partial charge is 0.453 e. The molecule has 74 valence electrons. The van der Waals surface area contributed by atoms with Gasteiger partial charge < -0.3 is 9.84 Å². The van der Waals surface area contributed by atoms with E-state index in [0.29, 0.717) is 0 Å². The molecule has 0 bridgehead atoms. The summed E-state index contributed by atoms with van der Waals surface area (Å²) in [5.41, 5.74) is -0.622. The van der Waals surface area contributed by atoms with E-state index in [0.717, 1.165) is 38.2 Å². The summed E-state index contributed by atoms with van der Waals surface area (Å²) >= 11 is 0. The molecule has 0 aromatic carbocycles. The molecule has 0 heterocycles. The Labute approximate surface area is 78.4 Å². The maximum absolute atomic E-state index is 11.0. The highest BCUT2D eigenvalue weighted by atomic mass is 16.6. The molecule has 1 N–H and O–H groups in total. The summed E-state index contributed by atoms with van der Waals surface area (Å²) < 4.78 is 5.17. The number of carbonyl (C=O) groups is 1. The van der Waals surface area contributed by atoms with Crippen LogP contribution in [0.1, 0.15) is 32.1 Å². The summed E-state index contributed by atoms with van der Waals surface area (Å²) in [7, 11) is 0. The lowest BCUT2D eigenvalue weighted by atomic mass is 9.85. The predicted octanol–water partition coefficient (Wildman–Crippen LogP) is 1.41. The van der Waals surface area contributed by atoms with Crippen molar-refractivity contribution < 1.29 is 14.6 Å². The van der Waals surface area contributed by atoms with Crippen molar-refractivity contribution in [2.75, 3.05) is 6.61 Å². The van der Waals surface area contributed by atoms with E-state index >= 15 is 0 Å². The highest BCUT2D eigenvalue weighted by Crippen LogP contribution is 2.31. The molecule has 0 atom stereocenters. The summed E-state index contributed by atoms with van der Waals surface area (Å²) in [6, 6.07) is 0. The second-order valence-corrected chi connectivity index (χ2v) is 3.53. The molecule has 0 unspecified atom stereocenters. The fourth-order valence-electron chi connectivity index (χ4n) is 1.74. The van der Waals surface area contributed by atoms with Crippen molar-refractivity contribution in [3.05, 3.63) is 12.7 Å². The topological polar surface area (TPSA) is 46.5 Å². The van der Waals surface area contributed by atoms with Crippen molar-refractivity contribution in [3.63, 3.8) is 0 Å². The van der Waals surface area contributed by atoms with Crippen LogP contribution in [0.15, 0.2) is 12.7 Å². The van der Waals surface area contributed by atoms with Gasteiger partial charge in [-0.25, -0.2) is 4.79 Å². The number of carbonyl (C=O) groups excluding carboxylic acids is 1. The van der Waals surface area contributed by atoms with Gasteiger partial charge in [0, 0.05) is 6.08 Å². The molecule has 1 fully saturated rings. The van der Waals surface area contributed by atoms with Crippen molar-refractivity contribution in [1.29, 1.82) is 0 Å². The number of hydrogen-bond donors (Lipinski definition) is 1. The van der Waals surface area contributed by atoms with Gasteiger partial charge in [0.15, 0.2) is 0 Å². The van der Waals surface area contributed by atoms with Crippen molar-refractivity contribution in [1.82, 2.24) is 0 Å². The van der Waals surface area contributed by atoms with E-state index in [9.17, 15) is 9.90 Å². The zero-order valence-electron chi connectivity index (χ0n) is 7.79. The van der Waals surface area contributed by atoms with Crippen LogP contribution in [-0.4, -0.2) is 23.3 Å². The molecular formula is C10H16O3. The fraction of sp³-hybridized carbons (Fsp3) is 0.700. The number of esters is 1. The van der Waals surface area contributed by atoms with Crippen LogP contribution in [0.25, 0.3) is 0 Å². The van der Waals surface area contributed by atoms with E-state index in [1.165, 1.54) is 0 Å². The summed E-state index contributed by atoms with van der Waals surface area (Å²) in [6.45, 7) is 3.26. The Hall–Kier alpha value is -0.830. The molecule has 0 aromatic heterocycles. The molecule has 1 aliphatic carbocycles. The molecule has 3 heteroatoms. The van der Waals surface area contributed by atoms with Crippen LogP contribution < -0.4 is 0 Å². The van der Waals surface area contributed by atoms with Gasteiger partial charge in [0.2, 0.25) is 0 Å². The smallest absolute Gasteiger partial charge is 0.330 e. The molecule has 0 aliphatic heterocycles. The Kier molecular flexibility index (Phi) is 3.48. The third-order valence-corrected chi connectivity index (χ3v) is 2.54. The van der Waals surface area contributed by atoms with Crippen molar-refractivity contribution in [3.8, 4) is 0 Å². The van der Waals surface area contributed by atoms with Gasteiger partial charge >= 0.3 is 5.97 Å². The first-order valence-corrected chi connectivity index (χ1v) is 4.69. The van der Waals surface area contributed by atoms with E-state index in [4.69, 9.17) is 4.74 Å². The number of aliphatic hydroxyl groups is 1. The van der Waals surface area contributed by atoms with Crippen LogP contribution in [-0.2, 0) is 9.53 Å². The SMILES string of the molecule is C=CC(=O)OC1(CO)CCCCC1. The second kappa shape index (κ2) is 4.42. The first kappa shape index (κ1) is 10.3. The van der Waals surface area contributed by atoms with Crippen LogP contribution in [0.4, 0.5) is 0 Å². The average Bonchev–Trinajstić information content (AvgIpc) is 2.19. The molecule has 1 aliphatic rings. The highest BCUT2D eigenvalue weighted by Gasteiger charge is 2.34. The van der Waals surface area contributed by atoms with Gasteiger partial charge in [-0.1, -0.05) is 13.0 Å². The third kappa shape index (κ3) is 2.56. The van der Waals surface area contributed by atoms with Crippen LogP contribution in [0.5, 0.6) is 0 Å². The summed E-state index contributed by atoms with van der Waals surface area (Å²) in [4.78, 5) is 11.0. The number of hydrogen-bond acceptors (Lipinski definition) is 3. The molecule has 13 heavy (non-hydrogen) atoms. The van der Waals surface area contributed by atoms with E-state index in [-0.39, 0.29) is 6.61 Å². The van der Waals surface area contributed by atoms with Gasteiger partial charge in [0.25, 0.3) is 0 Å². The highest BCUT2D eigenvalue weighted by molar-refractivity contribution is 5.81. The Morgan fingerprint density at radius 1 is 1.46 bits per heavy atom. The van der Waals surface area contributed by atoms with E-state index in [2.05, 4.69) is 6.58 Å². The molecule has 1 saturated carbocycles. The molecule has 0 aromatic rings. The molecular weight excluding hydrogens is 168 g/mol. The first-order chi connectivity index (χ1) is 6.22. The van der Waals surface area contributed by atoms with Gasteiger partial charge in [-0.05, 0) is 25.7 Å². The van der Waals surface area contributed by atoms with Gasteiger partial charge in [-0.3, -0.25) is 0 Å². The van der Waals surface area contributed by atoms with Crippen LogP contribution in [0.3, 0.4) is 0 Å². The summed E-state index contributed by atoms with van der Waals surface area (Å²) in [5.74, 6) is -0.434. The van der Waals surface area contributed by atoms with E-state index in [1.54, 1.807) is 0 Å². The van der Waals surface area contributed by atoms with Crippen LogP contribution in [0.2, 0.25) is 0 Å². The monoisotopic (exact) mass is 184 g/mol. The number of aliphatic hydroxyl groups excluding tert-OH is 1. The third-order valence-electron chi connectivity index (χ3n) is 2.54. The molecule has 3 nitrogen and oxygen atoms in total. The van der Waals surface area contributed by atoms with Crippen molar-refractivity contribution in [2.45, 2.75) is 37.7 Å². The first-order valence-electron chi connectivity index (χ1n) is 4.69. The molecule has 0 amide bonds. The molecule has 0 spiro atoms. The Morgan fingerprint density at radius 2 is 2.08 bits per heavy atom. The lowest BCUT2D eigenvalue weighted by Crippen LogP contribution is -2.40. The molecule has 0 radical (unpaired) electrons. The van der Waals surface area contributed by atoms with Gasteiger partial charge in [-0.15, -0.1) is 0 Å². The molecule has 1 rings (SSSR count). The van der Waals surface area contributed by atoms with Gasteiger partial charge in [-0.2, -0.15) is 0 Å². The Morgan fingerprint density at radius 3 is 2.54 bits per heavy atom. The standard InChI is InChI=1S/C10H16O3/c1-2-9(12)13-10(8-11)6-4-3-5-7-10/h2,11H,1,3-8H2. The average molecular weight is 184 g/mol. The lowest BCUT2D eigenvalue weighted by Gasteiger charge is -2.34. The Bertz CT molecular complexity index is 192. The maximum Gasteiger partial charge on any atom is 0.330 e. The maximum atomic E-state index is 11.0. The fourth-order valence-corrected chi connectivity index (χ4v) is 1.74. The minimum atomic E-state index is -0.622. The van der Waals surface area contributed by atoms with E-state index < -0.39 is 11.6 Å². The predicted molar refractivity (Wildman–Crippen MR) is 49.2 cm³/mol. The number of ether oxygens (including phenoxy) is 1. The van der Waals surface area contributed by atoms with Gasteiger partial charge in [0.1, 0.15) is 5.60 Å². The van der Waals surface area contributed by atoms with Crippen molar-refractivity contribution >= 4 is 5.97 Å².